The average molecular weight is 525 g/mol. The van der Waals surface area contributed by atoms with Crippen LogP contribution in [0.15, 0.2) is 0 Å². The molecule has 0 aliphatic carbocycles. The van der Waals surface area contributed by atoms with E-state index in [0.29, 0.717) is 25.3 Å². The number of phosphoric acid groups is 1. The summed E-state index contributed by atoms with van der Waals surface area (Å²) in [5.41, 5.74) is 0. The average Bonchev–Trinajstić information content (AvgIpc) is 2.72. The van der Waals surface area contributed by atoms with Crippen molar-refractivity contribution in [2.75, 3.05) is 26.3 Å². The Kier molecular flexibility index (Phi) is 19.6. The Bertz CT molecular complexity index is 694. The van der Waals surface area contributed by atoms with Gasteiger partial charge in [0, 0.05) is 37.8 Å². The van der Waals surface area contributed by atoms with E-state index >= 15 is 0 Å². The number of amides is 2. The minimum Gasteiger partial charge on any atom is -0.442 e. The monoisotopic (exact) mass is 524 g/mol. The highest BCUT2D eigenvalue weighted by molar-refractivity contribution is 7.47. The molecule has 2 amide bonds. The number of Topliss-reactive ketones (excluding diaryl/α,β-unsaturated/α-hetero) is 2. The van der Waals surface area contributed by atoms with E-state index in [-0.39, 0.29) is 49.1 Å². The van der Waals surface area contributed by atoms with Gasteiger partial charge in [-0.1, -0.05) is 41.5 Å². The molecule has 0 fully saturated rings. The number of alkyl carbamates (subject to hydrolysis) is 1. The van der Waals surface area contributed by atoms with Gasteiger partial charge in [-0.05, 0) is 26.2 Å². The molecule has 0 aliphatic heterocycles. The zero-order chi connectivity index (χ0) is 27.6. The molecule has 0 aromatic carbocycles. The van der Waals surface area contributed by atoms with E-state index in [2.05, 4.69) is 38.3 Å². The van der Waals surface area contributed by atoms with E-state index in [1.165, 1.54) is 0 Å². The van der Waals surface area contributed by atoms with Crippen LogP contribution in [0.1, 0.15) is 74.7 Å². The van der Waals surface area contributed by atoms with Gasteiger partial charge in [0.05, 0.1) is 12.7 Å². The molecule has 0 aromatic rings. The fourth-order valence-electron chi connectivity index (χ4n) is 2.08. The number of ether oxygens (including phenoxy) is 1. The summed E-state index contributed by atoms with van der Waals surface area (Å²) in [6.07, 6.45) is 0.440. The maximum atomic E-state index is 11.3. The molecule has 0 rings (SSSR count). The summed E-state index contributed by atoms with van der Waals surface area (Å²) in [4.78, 5) is 54.1. The Balaban J connectivity index is 0. The summed E-state index contributed by atoms with van der Waals surface area (Å²) >= 11 is 0. The molecule has 0 spiro atoms. The summed E-state index contributed by atoms with van der Waals surface area (Å²) in [5, 5.41) is 5.09. The van der Waals surface area contributed by atoms with Crippen molar-refractivity contribution in [1.82, 2.24) is 10.6 Å². The van der Waals surface area contributed by atoms with Crippen LogP contribution in [0, 0.1) is 17.8 Å². The van der Waals surface area contributed by atoms with E-state index in [1.54, 1.807) is 27.7 Å². The van der Waals surface area contributed by atoms with E-state index in [9.17, 15) is 28.6 Å². The van der Waals surface area contributed by atoms with Crippen LogP contribution in [-0.4, -0.2) is 60.9 Å². The van der Waals surface area contributed by atoms with Crippen molar-refractivity contribution in [2.45, 2.75) is 80.8 Å². The molecule has 0 saturated carbocycles. The molecule has 0 radical (unpaired) electrons. The van der Waals surface area contributed by atoms with Gasteiger partial charge >= 0.3 is 13.9 Å². The third kappa shape index (κ3) is 23.7. The second kappa shape index (κ2) is 19.4. The standard InChI is InChI=1S/C12H23NO2.C11H22NO7P/c1-9(2)7-8-13-12(15)6-5-11(14)10(3)4;1-8(2)10(13)7-17-11(14)12-5-6-18-20(15,16)19-9(3)4/h9-10H,5-8H2,1-4H3,(H,13,15);8-9H,5-7H2,1-4H3,(H,12,14)(H,15,16). The zero-order valence-electron chi connectivity index (χ0n) is 22.4. The van der Waals surface area contributed by atoms with Crippen LogP contribution in [0.2, 0.25) is 0 Å². The van der Waals surface area contributed by atoms with Gasteiger partial charge in [0.2, 0.25) is 5.91 Å². The molecule has 0 aromatic heterocycles. The summed E-state index contributed by atoms with van der Waals surface area (Å²) < 4.78 is 25.2. The molecule has 1 unspecified atom stereocenters. The Morgan fingerprint density at radius 3 is 1.89 bits per heavy atom. The highest BCUT2D eigenvalue weighted by atomic mass is 31.2. The number of carbonyl (C=O) groups excluding carboxylic acids is 4. The fraction of sp³-hybridized carbons (Fsp3) is 0.826. The highest BCUT2D eigenvalue weighted by Gasteiger charge is 2.22. The zero-order valence-corrected chi connectivity index (χ0v) is 23.3. The molecule has 1 atom stereocenters. The largest absolute Gasteiger partial charge is 0.472 e. The maximum absolute atomic E-state index is 11.3. The van der Waals surface area contributed by atoms with E-state index in [4.69, 9.17) is 0 Å². The first-order chi connectivity index (χ1) is 16.1. The number of hydrogen-bond acceptors (Lipinski definition) is 8. The molecule has 3 N–H and O–H groups in total. The van der Waals surface area contributed by atoms with Crippen LogP contribution in [0.4, 0.5) is 4.79 Å². The smallest absolute Gasteiger partial charge is 0.442 e. The molecule has 206 valence electrons. The van der Waals surface area contributed by atoms with Gasteiger partial charge in [-0.3, -0.25) is 23.4 Å². The number of ketones is 2. The summed E-state index contributed by atoms with van der Waals surface area (Å²) in [6.45, 7) is 14.7. The third-order valence-corrected chi connectivity index (χ3v) is 5.44. The van der Waals surface area contributed by atoms with Gasteiger partial charge in [-0.2, -0.15) is 0 Å². The maximum Gasteiger partial charge on any atom is 0.472 e. The Labute approximate surface area is 209 Å². The third-order valence-electron chi connectivity index (χ3n) is 4.25. The summed E-state index contributed by atoms with van der Waals surface area (Å²) in [7, 11) is -4.10. The minimum absolute atomic E-state index is 0.00958. The van der Waals surface area contributed by atoms with Crippen LogP contribution >= 0.6 is 7.82 Å². The van der Waals surface area contributed by atoms with Crippen LogP contribution < -0.4 is 10.6 Å². The molecule has 12 heteroatoms. The van der Waals surface area contributed by atoms with Gasteiger partial charge in [0.15, 0.2) is 12.4 Å². The van der Waals surface area contributed by atoms with E-state index in [0.717, 1.165) is 6.42 Å². The molecular formula is C23H45N2O9P. The Morgan fingerprint density at radius 1 is 0.829 bits per heavy atom. The highest BCUT2D eigenvalue weighted by Crippen LogP contribution is 2.44. The number of nitrogens with one attached hydrogen (secondary N) is 2. The number of carbonyl (C=O) groups is 4. The SMILES string of the molecule is CC(C)CCNC(=O)CCC(=O)C(C)C.CC(C)OP(=O)(O)OCCNC(=O)OCC(=O)C(C)C. The molecular weight excluding hydrogens is 479 g/mol. The fourth-order valence-corrected chi connectivity index (χ4v) is 3.00. The van der Waals surface area contributed by atoms with E-state index < -0.39 is 20.0 Å². The molecule has 35 heavy (non-hydrogen) atoms. The second-order valence-electron chi connectivity index (χ2n) is 9.23. The van der Waals surface area contributed by atoms with Crippen molar-refractivity contribution < 1.29 is 42.4 Å². The first kappa shape index (κ1) is 35.4. The Morgan fingerprint density at radius 2 is 1.40 bits per heavy atom. The normalized spacial score (nSPS) is 12.7. The lowest BCUT2D eigenvalue weighted by atomic mass is 10.0. The lowest BCUT2D eigenvalue weighted by Crippen LogP contribution is -2.30. The van der Waals surface area contributed by atoms with E-state index in [1.807, 2.05) is 13.8 Å². The van der Waals surface area contributed by atoms with Crippen molar-refractivity contribution in [2.24, 2.45) is 17.8 Å². The van der Waals surface area contributed by atoms with Crippen LogP contribution in [0.3, 0.4) is 0 Å². The summed E-state index contributed by atoms with van der Waals surface area (Å²) in [5.74, 6) is 0.385. The summed E-state index contributed by atoms with van der Waals surface area (Å²) in [6, 6.07) is 0. The Hall–Kier alpha value is -1.81. The minimum atomic E-state index is -4.10. The molecule has 0 aliphatic rings. The number of phosphoric ester groups is 1. The first-order valence-corrected chi connectivity index (χ1v) is 13.4. The second-order valence-corrected chi connectivity index (χ2v) is 10.6. The van der Waals surface area contributed by atoms with Gasteiger partial charge < -0.3 is 20.3 Å². The van der Waals surface area contributed by atoms with Crippen molar-refractivity contribution >= 4 is 31.4 Å². The van der Waals surface area contributed by atoms with Gasteiger partial charge in [0.1, 0.15) is 5.78 Å². The van der Waals surface area contributed by atoms with Gasteiger partial charge in [0.25, 0.3) is 0 Å². The van der Waals surface area contributed by atoms with Gasteiger partial charge in [-0.25, -0.2) is 9.36 Å². The quantitative estimate of drug-likeness (QED) is 0.202. The van der Waals surface area contributed by atoms with Crippen molar-refractivity contribution in [3.05, 3.63) is 0 Å². The predicted molar refractivity (Wildman–Crippen MR) is 133 cm³/mol. The van der Waals surface area contributed by atoms with Crippen LogP contribution in [0.25, 0.3) is 0 Å². The van der Waals surface area contributed by atoms with Crippen LogP contribution in [0.5, 0.6) is 0 Å². The molecule has 0 bridgehead atoms. The molecule has 0 saturated heterocycles. The van der Waals surface area contributed by atoms with Gasteiger partial charge in [-0.15, -0.1) is 0 Å². The van der Waals surface area contributed by atoms with Crippen LogP contribution in [-0.2, 0) is 32.7 Å². The molecule has 0 heterocycles. The first-order valence-electron chi connectivity index (χ1n) is 12.0. The van der Waals surface area contributed by atoms with Crippen molar-refractivity contribution in [1.29, 1.82) is 0 Å². The van der Waals surface area contributed by atoms with Crippen molar-refractivity contribution in [3.8, 4) is 0 Å². The number of rotatable bonds is 16. The predicted octanol–water partition coefficient (Wildman–Crippen LogP) is 3.63. The topological polar surface area (TPSA) is 157 Å². The lowest BCUT2D eigenvalue weighted by molar-refractivity contribution is -0.126. The lowest BCUT2D eigenvalue weighted by Gasteiger charge is -2.14. The number of hydrogen-bond donors (Lipinski definition) is 3. The molecule has 11 nitrogen and oxygen atoms in total. The van der Waals surface area contributed by atoms with Crippen molar-refractivity contribution in [3.63, 3.8) is 0 Å².